The van der Waals surface area contributed by atoms with Gasteiger partial charge in [0.15, 0.2) is 0 Å². The first-order valence-corrected chi connectivity index (χ1v) is 22.0. The van der Waals surface area contributed by atoms with Crippen LogP contribution in [0.25, 0.3) is 0 Å². The molecule has 0 aliphatic carbocycles. The van der Waals surface area contributed by atoms with E-state index in [1.54, 1.807) is 48.5 Å². The Hall–Kier alpha value is -2.62. The highest BCUT2D eigenvalue weighted by Crippen LogP contribution is 2.39. The van der Waals surface area contributed by atoms with Crippen LogP contribution in [-0.2, 0) is 40.5 Å². The first-order valence-electron chi connectivity index (χ1n) is 13.2. The van der Waals surface area contributed by atoms with Crippen molar-refractivity contribution >= 4 is 77.5 Å². The van der Waals surface area contributed by atoms with Crippen LogP contribution < -0.4 is 21.2 Å². The molecule has 4 aromatic carbocycles. The average molecular weight is 747 g/mol. The van der Waals surface area contributed by atoms with Crippen molar-refractivity contribution in [3.8, 4) is 0 Å². The molecule has 246 valence electrons. The normalized spacial score (nSPS) is 12.9. The van der Waals surface area contributed by atoms with Gasteiger partial charge in [0, 0.05) is 0 Å². The fraction of sp³-hybridized carbons (Fsp3) is 0.143. The molecule has 12 nitrogen and oxygen atoms in total. The van der Waals surface area contributed by atoms with E-state index in [4.69, 9.17) is 0 Å². The average Bonchev–Trinajstić information content (AvgIpc) is 2.98. The largest absolute Gasteiger partial charge is 0.294 e. The monoisotopic (exact) mass is 746 g/mol. The van der Waals surface area contributed by atoms with Crippen molar-refractivity contribution in [2.24, 2.45) is 0 Å². The maximum atomic E-state index is 11.6. The second-order valence-corrected chi connectivity index (χ2v) is 20.2. The molecule has 0 atom stereocenters. The third kappa shape index (κ3) is 9.48. The van der Waals surface area contributed by atoms with Crippen LogP contribution in [0, 0.1) is 0 Å². The van der Waals surface area contributed by atoms with E-state index < -0.39 is 56.3 Å². The molecule has 0 radical (unpaired) electrons. The van der Waals surface area contributed by atoms with E-state index in [1.807, 2.05) is 0 Å². The molecule has 4 rings (SSSR count). The molecule has 18 heteroatoms. The highest BCUT2D eigenvalue weighted by Gasteiger charge is 2.20. The van der Waals surface area contributed by atoms with Gasteiger partial charge in [0.1, 0.15) is 0 Å². The number of hydrogen-bond acceptors (Lipinski definition) is 8. The van der Waals surface area contributed by atoms with Gasteiger partial charge in [0.25, 0.3) is 40.5 Å². The van der Waals surface area contributed by atoms with Gasteiger partial charge in [-0.1, -0.05) is 48.5 Å². The smallest absolute Gasteiger partial charge is 0.282 e. The summed E-state index contributed by atoms with van der Waals surface area (Å²) in [6.45, 7) is 0. The van der Waals surface area contributed by atoms with Crippen molar-refractivity contribution in [3.63, 3.8) is 0 Å². The minimum absolute atomic E-state index is 0.279. The summed E-state index contributed by atoms with van der Waals surface area (Å²) >= 11 is 0. The van der Waals surface area contributed by atoms with Gasteiger partial charge in [0.05, 0.1) is 19.6 Å². The zero-order valence-electron chi connectivity index (χ0n) is 23.6. The highest BCUT2D eigenvalue weighted by atomic mass is 32.2. The summed E-state index contributed by atoms with van der Waals surface area (Å²) in [4.78, 5) is -1.12. The molecule has 0 saturated carbocycles. The van der Waals surface area contributed by atoms with Crippen LogP contribution in [0.2, 0.25) is 0 Å². The van der Waals surface area contributed by atoms with Gasteiger partial charge in [0.2, 0.25) is 0 Å². The van der Waals surface area contributed by atoms with E-state index in [2.05, 4.69) is 0 Å². The highest BCUT2D eigenvalue weighted by molar-refractivity contribution is 7.86. The lowest BCUT2D eigenvalue weighted by molar-refractivity contribution is 0.481. The summed E-state index contributed by atoms with van der Waals surface area (Å²) in [7, 11) is -20.0. The molecule has 0 fully saturated rings. The zero-order chi connectivity index (χ0) is 33.9. The molecular weight excluding hydrogens is 719 g/mol. The minimum Gasteiger partial charge on any atom is -0.282 e. The maximum Gasteiger partial charge on any atom is 0.294 e. The fourth-order valence-electron chi connectivity index (χ4n) is 4.55. The zero-order valence-corrected chi connectivity index (χ0v) is 28.7. The first kappa shape index (κ1) is 36.2. The Morgan fingerprint density at radius 1 is 0.348 bits per heavy atom. The van der Waals surface area contributed by atoms with Crippen molar-refractivity contribution < 1.29 is 51.9 Å². The predicted octanol–water partition coefficient (Wildman–Crippen LogP) is 3.02. The van der Waals surface area contributed by atoms with Gasteiger partial charge in [-0.2, -0.15) is 33.7 Å². The lowest BCUT2D eigenvalue weighted by atomic mass is 10.3. The molecule has 4 aromatic rings. The van der Waals surface area contributed by atoms with Crippen molar-refractivity contribution in [2.45, 2.75) is 32.4 Å². The van der Waals surface area contributed by atoms with E-state index in [9.17, 15) is 51.9 Å². The number of rotatable bonds is 13. The maximum absolute atomic E-state index is 11.6. The van der Waals surface area contributed by atoms with Crippen LogP contribution in [0.4, 0.5) is 0 Å². The third-order valence-electron chi connectivity index (χ3n) is 6.80. The Balaban J connectivity index is 1.60. The van der Waals surface area contributed by atoms with Gasteiger partial charge in [-0.25, -0.2) is 0 Å². The fourth-order valence-corrected chi connectivity index (χ4v) is 11.2. The van der Waals surface area contributed by atoms with Gasteiger partial charge < -0.3 is 0 Å². The van der Waals surface area contributed by atoms with E-state index in [1.165, 1.54) is 48.5 Å². The Labute approximate surface area is 270 Å². The van der Waals surface area contributed by atoms with Crippen LogP contribution in [0.15, 0.2) is 117 Å². The van der Waals surface area contributed by atoms with Crippen molar-refractivity contribution in [1.82, 2.24) is 0 Å². The van der Waals surface area contributed by atoms with Gasteiger partial charge in [-0.3, -0.25) is 18.2 Å². The number of hydrogen-bond donors (Lipinski definition) is 4. The second kappa shape index (κ2) is 14.2. The van der Waals surface area contributed by atoms with Crippen LogP contribution >= 0.6 is 15.8 Å². The van der Waals surface area contributed by atoms with Gasteiger partial charge in [-0.15, -0.1) is 0 Å². The molecule has 0 heterocycles. The molecular formula is C28H28O12P2S4. The minimum atomic E-state index is -4.42. The standard InChI is InChI=1S/C28H28O12P2S4/c29-43(30,31)25-11-3-21(4-12-25)41(22-5-13-26(14-6-22)44(32,33)34)19-1-2-20-42(23-7-15-27(16-8-23)45(35,36)37)24-9-17-28(18-10-24)46(38,39)40/h3-18H,1-2,19-20H2,(H,29,30,31)(H,32,33,34)(H,35,36,37)(H,38,39,40). The molecule has 0 aliphatic rings. The van der Waals surface area contributed by atoms with E-state index in [-0.39, 0.29) is 19.6 Å². The van der Waals surface area contributed by atoms with Crippen LogP contribution in [-0.4, -0.2) is 64.2 Å². The number of unbranched alkanes of at least 4 members (excludes halogenated alkanes) is 1. The summed E-state index contributed by atoms with van der Waals surface area (Å²) in [6, 6.07) is 22.8. The third-order valence-corrected chi connectivity index (χ3v) is 15.5. The van der Waals surface area contributed by atoms with Crippen LogP contribution in [0.5, 0.6) is 0 Å². The Bertz CT molecular complexity index is 1810. The summed E-state index contributed by atoms with van der Waals surface area (Å²) in [6.07, 6.45) is 2.43. The number of benzene rings is 4. The van der Waals surface area contributed by atoms with Crippen molar-refractivity contribution in [3.05, 3.63) is 97.1 Å². The Morgan fingerprint density at radius 2 is 0.522 bits per heavy atom. The molecule has 0 amide bonds. The summed E-state index contributed by atoms with van der Waals surface area (Å²) in [5.74, 6) is 0. The second-order valence-electron chi connectivity index (χ2n) is 9.89. The van der Waals surface area contributed by atoms with Gasteiger partial charge >= 0.3 is 0 Å². The topological polar surface area (TPSA) is 217 Å². The summed E-state index contributed by atoms with van der Waals surface area (Å²) < 4.78 is 130. The molecule has 46 heavy (non-hydrogen) atoms. The SMILES string of the molecule is O=S(=O)(O)c1ccc(P(CCCCP(c2ccc(S(=O)(=O)O)cc2)c2ccc(S(=O)(=O)O)cc2)c2ccc(S(=O)(=O)O)cc2)cc1. The van der Waals surface area contributed by atoms with Gasteiger partial charge in [-0.05, 0) is 111 Å². The first-order chi connectivity index (χ1) is 21.3. The van der Waals surface area contributed by atoms with E-state index in [0.29, 0.717) is 25.2 Å². The molecule has 0 saturated heterocycles. The van der Waals surface area contributed by atoms with E-state index in [0.717, 1.165) is 21.2 Å². The lowest BCUT2D eigenvalue weighted by Gasteiger charge is -2.22. The molecule has 0 spiro atoms. The molecule has 0 bridgehead atoms. The molecule has 4 N–H and O–H groups in total. The Kier molecular flexibility index (Phi) is 11.2. The van der Waals surface area contributed by atoms with Crippen LogP contribution in [0.3, 0.4) is 0 Å². The Morgan fingerprint density at radius 3 is 0.674 bits per heavy atom. The quantitative estimate of drug-likeness (QED) is 0.0882. The van der Waals surface area contributed by atoms with Crippen molar-refractivity contribution in [1.29, 1.82) is 0 Å². The molecule has 0 aliphatic heterocycles. The lowest BCUT2D eigenvalue weighted by Crippen LogP contribution is -2.17. The summed E-state index contributed by atoms with van der Waals surface area (Å²) in [5.41, 5.74) is 0. The van der Waals surface area contributed by atoms with Crippen molar-refractivity contribution in [2.75, 3.05) is 12.3 Å². The molecule has 0 unspecified atom stereocenters. The molecule has 0 aromatic heterocycles. The van der Waals surface area contributed by atoms with E-state index >= 15 is 0 Å². The van der Waals surface area contributed by atoms with Crippen LogP contribution in [0.1, 0.15) is 12.8 Å². The predicted molar refractivity (Wildman–Crippen MR) is 176 cm³/mol. The summed E-state index contributed by atoms with van der Waals surface area (Å²) in [5, 5.41) is 3.02.